The zero-order valence-corrected chi connectivity index (χ0v) is 10.1. The van der Waals surface area contributed by atoms with E-state index in [1.54, 1.807) is 0 Å². The predicted molar refractivity (Wildman–Crippen MR) is 61.1 cm³/mol. The van der Waals surface area contributed by atoms with Crippen LogP contribution in [0.25, 0.3) is 0 Å². The quantitative estimate of drug-likeness (QED) is 0.472. The Morgan fingerprint density at radius 1 is 1.00 bits per heavy atom. The summed E-state index contributed by atoms with van der Waals surface area (Å²) in [6, 6.07) is 1.28. The second kappa shape index (κ2) is 6.92. The number of ketones is 1. The lowest BCUT2D eigenvalue weighted by Gasteiger charge is -2.04. The number of hydrogen-bond acceptors (Lipinski definition) is 2. The van der Waals surface area contributed by atoms with E-state index < -0.39 is 35.6 Å². The molecule has 0 saturated carbocycles. The van der Waals surface area contributed by atoms with E-state index in [-0.39, 0.29) is 18.4 Å². The highest BCUT2D eigenvalue weighted by molar-refractivity contribution is 5.94. The number of carbonyl (C=O) groups excluding carboxylic acids is 1. The SMILES string of the molecule is O=C(O)CC(=O)CCCCc1cc(F)c(F)cc1F. The number of rotatable bonds is 7. The van der Waals surface area contributed by atoms with Gasteiger partial charge in [0, 0.05) is 12.5 Å². The highest BCUT2D eigenvalue weighted by Crippen LogP contribution is 2.16. The number of aryl methyl sites for hydroxylation is 1. The molecule has 1 aromatic carbocycles. The second-order valence-electron chi connectivity index (χ2n) is 4.17. The molecular weight excluding hydrogens is 261 g/mol. The summed E-state index contributed by atoms with van der Waals surface area (Å²) in [6.07, 6.45) is 0.498. The molecule has 104 valence electrons. The molecule has 0 unspecified atom stereocenters. The minimum Gasteiger partial charge on any atom is -0.481 e. The van der Waals surface area contributed by atoms with Crippen LogP contribution in [-0.4, -0.2) is 16.9 Å². The molecule has 0 bridgehead atoms. The highest BCUT2D eigenvalue weighted by Gasteiger charge is 2.10. The number of unbranched alkanes of at least 4 members (excludes halogenated alkanes) is 1. The van der Waals surface area contributed by atoms with E-state index >= 15 is 0 Å². The Morgan fingerprint density at radius 3 is 2.26 bits per heavy atom. The summed E-state index contributed by atoms with van der Waals surface area (Å²) in [5.74, 6) is -4.76. The normalized spacial score (nSPS) is 10.5. The van der Waals surface area contributed by atoms with E-state index in [2.05, 4.69) is 0 Å². The van der Waals surface area contributed by atoms with Gasteiger partial charge in [-0.2, -0.15) is 0 Å². The molecule has 0 amide bonds. The molecule has 0 radical (unpaired) electrons. The molecule has 1 N–H and O–H groups in total. The molecule has 0 atom stereocenters. The Kier molecular flexibility index (Phi) is 5.54. The first-order valence-electron chi connectivity index (χ1n) is 5.77. The molecule has 19 heavy (non-hydrogen) atoms. The van der Waals surface area contributed by atoms with Gasteiger partial charge in [0.05, 0.1) is 0 Å². The van der Waals surface area contributed by atoms with Crippen molar-refractivity contribution < 1.29 is 27.9 Å². The van der Waals surface area contributed by atoms with E-state index in [1.165, 1.54) is 0 Å². The van der Waals surface area contributed by atoms with E-state index in [0.29, 0.717) is 18.9 Å². The van der Waals surface area contributed by atoms with Gasteiger partial charge in [-0.1, -0.05) is 0 Å². The summed E-state index contributed by atoms with van der Waals surface area (Å²) in [5, 5.41) is 8.36. The van der Waals surface area contributed by atoms with E-state index in [4.69, 9.17) is 5.11 Å². The molecule has 0 heterocycles. The number of Topliss-reactive ketones (excluding diaryl/α,β-unsaturated/α-hetero) is 1. The van der Waals surface area contributed by atoms with Gasteiger partial charge in [0.2, 0.25) is 0 Å². The van der Waals surface area contributed by atoms with Gasteiger partial charge in [-0.05, 0) is 30.9 Å². The van der Waals surface area contributed by atoms with Gasteiger partial charge >= 0.3 is 5.97 Å². The van der Waals surface area contributed by atoms with Crippen LogP contribution in [0.4, 0.5) is 13.2 Å². The summed E-state index contributed by atoms with van der Waals surface area (Å²) in [6.45, 7) is 0. The molecular formula is C13H13F3O3. The van der Waals surface area contributed by atoms with Crippen LogP contribution in [0.1, 0.15) is 31.2 Å². The number of aliphatic carboxylic acids is 1. The maximum Gasteiger partial charge on any atom is 0.310 e. The van der Waals surface area contributed by atoms with Gasteiger partial charge < -0.3 is 5.11 Å². The van der Waals surface area contributed by atoms with Crippen LogP contribution in [0.5, 0.6) is 0 Å². The van der Waals surface area contributed by atoms with Crippen LogP contribution >= 0.6 is 0 Å². The summed E-state index contributed by atoms with van der Waals surface area (Å²) in [4.78, 5) is 21.3. The van der Waals surface area contributed by atoms with Gasteiger partial charge in [0.15, 0.2) is 11.6 Å². The standard InChI is InChI=1S/C13H13F3O3/c14-10-7-12(16)11(15)5-8(10)3-1-2-4-9(17)6-13(18)19/h5,7H,1-4,6H2,(H,18,19). The summed E-state index contributed by atoms with van der Waals surface area (Å²) < 4.78 is 38.8. The van der Waals surface area contributed by atoms with Crippen molar-refractivity contribution in [3.8, 4) is 0 Å². The zero-order valence-electron chi connectivity index (χ0n) is 10.1. The van der Waals surface area contributed by atoms with Crippen LogP contribution in [0.2, 0.25) is 0 Å². The maximum absolute atomic E-state index is 13.2. The largest absolute Gasteiger partial charge is 0.481 e. The Balaban J connectivity index is 2.40. The van der Waals surface area contributed by atoms with Crippen LogP contribution in [0.3, 0.4) is 0 Å². The third-order valence-corrected chi connectivity index (χ3v) is 2.59. The van der Waals surface area contributed by atoms with Crippen molar-refractivity contribution in [2.24, 2.45) is 0 Å². The lowest BCUT2D eigenvalue weighted by molar-refractivity contribution is -0.140. The highest BCUT2D eigenvalue weighted by atomic mass is 19.2. The van der Waals surface area contributed by atoms with Crippen LogP contribution in [0.15, 0.2) is 12.1 Å². The van der Waals surface area contributed by atoms with Crippen LogP contribution < -0.4 is 0 Å². The van der Waals surface area contributed by atoms with Crippen molar-refractivity contribution >= 4 is 11.8 Å². The first kappa shape index (κ1) is 15.2. The van der Waals surface area contributed by atoms with Crippen LogP contribution in [-0.2, 0) is 16.0 Å². The van der Waals surface area contributed by atoms with Crippen molar-refractivity contribution in [1.29, 1.82) is 0 Å². The molecule has 1 rings (SSSR count). The van der Waals surface area contributed by atoms with Crippen molar-refractivity contribution in [3.05, 3.63) is 35.1 Å². The fourth-order valence-electron chi connectivity index (χ4n) is 1.65. The molecule has 6 heteroatoms. The Bertz CT molecular complexity index is 486. The molecule has 1 aromatic rings. The zero-order chi connectivity index (χ0) is 14.4. The second-order valence-corrected chi connectivity index (χ2v) is 4.17. The monoisotopic (exact) mass is 274 g/mol. The molecule has 0 saturated heterocycles. The van der Waals surface area contributed by atoms with Gasteiger partial charge in [0.25, 0.3) is 0 Å². The average Bonchev–Trinajstić information content (AvgIpc) is 2.30. The molecule has 0 aliphatic carbocycles. The molecule has 0 aliphatic heterocycles. The number of halogens is 3. The minimum absolute atomic E-state index is 0.0459. The van der Waals surface area contributed by atoms with Crippen molar-refractivity contribution in [3.63, 3.8) is 0 Å². The lowest BCUT2D eigenvalue weighted by Crippen LogP contribution is -2.06. The van der Waals surface area contributed by atoms with Crippen molar-refractivity contribution in [2.45, 2.75) is 32.1 Å². The topological polar surface area (TPSA) is 54.4 Å². The summed E-state index contributed by atoms with van der Waals surface area (Å²) in [7, 11) is 0. The number of hydrogen-bond donors (Lipinski definition) is 1. The van der Waals surface area contributed by atoms with Gasteiger partial charge in [0.1, 0.15) is 18.0 Å². The van der Waals surface area contributed by atoms with Gasteiger partial charge in [-0.25, -0.2) is 13.2 Å². The number of carbonyl (C=O) groups is 2. The average molecular weight is 274 g/mol. The van der Waals surface area contributed by atoms with Gasteiger partial charge in [-0.3, -0.25) is 9.59 Å². The minimum atomic E-state index is -1.24. The third-order valence-electron chi connectivity index (χ3n) is 2.59. The molecule has 0 aliphatic rings. The third kappa shape index (κ3) is 5.11. The first-order chi connectivity index (χ1) is 8.90. The van der Waals surface area contributed by atoms with Crippen molar-refractivity contribution in [2.75, 3.05) is 0 Å². The van der Waals surface area contributed by atoms with E-state index in [9.17, 15) is 22.8 Å². The first-order valence-corrected chi connectivity index (χ1v) is 5.77. The number of benzene rings is 1. The van der Waals surface area contributed by atoms with Crippen molar-refractivity contribution in [1.82, 2.24) is 0 Å². The fourth-order valence-corrected chi connectivity index (χ4v) is 1.65. The molecule has 0 spiro atoms. The summed E-state index contributed by atoms with van der Waals surface area (Å²) in [5.41, 5.74) is 0.0459. The Labute approximate surface area is 108 Å². The Hall–Kier alpha value is -1.85. The predicted octanol–water partition coefficient (Wildman–Crippen LogP) is 2.86. The smallest absolute Gasteiger partial charge is 0.310 e. The molecule has 0 fully saturated rings. The van der Waals surface area contributed by atoms with Gasteiger partial charge in [-0.15, -0.1) is 0 Å². The number of carboxylic acids is 1. The van der Waals surface area contributed by atoms with E-state index in [1.807, 2.05) is 0 Å². The maximum atomic E-state index is 13.2. The fraction of sp³-hybridized carbons (Fsp3) is 0.385. The Morgan fingerprint density at radius 2 is 1.63 bits per heavy atom. The van der Waals surface area contributed by atoms with E-state index in [0.717, 1.165) is 6.07 Å². The molecule has 3 nitrogen and oxygen atoms in total. The summed E-state index contributed by atoms with van der Waals surface area (Å²) >= 11 is 0. The lowest BCUT2D eigenvalue weighted by atomic mass is 10.0. The van der Waals surface area contributed by atoms with Crippen LogP contribution in [0, 0.1) is 17.5 Å². The molecule has 0 aromatic heterocycles. The number of carboxylic acid groups (broad SMARTS) is 1.